The number of carbonyl (C=O) groups is 2. The minimum Gasteiger partial charge on any atom is -0.422 e. The SMILES string of the molecule is CCCCCCCCCCn1cc(CC(NC(C)=O)C(=O)Oc2cc(F)c(F)c(F)c2F)c2ccccc21. The summed E-state index contributed by atoms with van der Waals surface area (Å²) in [6.07, 6.45) is 11.4. The number of ether oxygens (including phenoxy) is 1. The summed E-state index contributed by atoms with van der Waals surface area (Å²) in [4.78, 5) is 24.7. The minimum atomic E-state index is -2.09. The lowest BCUT2D eigenvalue weighted by atomic mass is 10.0. The number of benzene rings is 2. The number of halogens is 4. The van der Waals surface area contributed by atoms with Gasteiger partial charge in [0.05, 0.1) is 0 Å². The van der Waals surface area contributed by atoms with E-state index in [1.165, 1.54) is 45.4 Å². The van der Waals surface area contributed by atoms with Crippen molar-refractivity contribution >= 4 is 22.8 Å². The van der Waals surface area contributed by atoms with E-state index >= 15 is 0 Å². The Labute approximate surface area is 220 Å². The van der Waals surface area contributed by atoms with Gasteiger partial charge in [-0.1, -0.05) is 70.1 Å². The van der Waals surface area contributed by atoms with Gasteiger partial charge in [0, 0.05) is 43.1 Å². The molecule has 0 aliphatic carbocycles. The van der Waals surface area contributed by atoms with E-state index < -0.39 is 46.9 Å². The summed E-state index contributed by atoms with van der Waals surface area (Å²) in [5, 5.41) is 3.33. The Morgan fingerprint density at radius 1 is 0.921 bits per heavy atom. The molecular weight excluding hydrogens is 500 g/mol. The fourth-order valence-electron chi connectivity index (χ4n) is 4.55. The van der Waals surface area contributed by atoms with Crippen LogP contribution in [0.15, 0.2) is 36.5 Å². The quantitative estimate of drug-likeness (QED) is 0.0606. The molecule has 0 saturated heterocycles. The van der Waals surface area contributed by atoms with Crippen molar-refractivity contribution < 1.29 is 31.9 Å². The molecule has 2 aromatic carbocycles. The number of carbonyl (C=O) groups excluding carboxylic acids is 2. The van der Waals surface area contributed by atoms with Gasteiger partial charge in [-0.3, -0.25) is 4.79 Å². The van der Waals surface area contributed by atoms with Crippen molar-refractivity contribution in [3.05, 3.63) is 65.4 Å². The Balaban J connectivity index is 1.73. The van der Waals surface area contributed by atoms with Gasteiger partial charge in [0.1, 0.15) is 6.04 Å². The molecule has 1 aromatic heterocycles. The zero-order chi connectivity index (χ0) is 27.7. The highest BCUT2D eigenvalue weighted by atomic mass is 19.2. The van der Waals surface area contributed by atoms with Crippen LogP contribution in [0.3, 0.4) is 0 Å². The topological polar surface area (TPSA) is 60.3 Å². The van der Waals surface area contributed by atoms with Crippen molar-refractivity contribution in [3.8, 4) is 5.75 Å². The zero-order valence-corrected chi connectivity index (χ0v) is 21.8. The number of aromatic nitrogens is 1. The average Bonchev–Trinajstić information content (AvgIpc) is 3.24. The number of amides is 1. The van der Waals surface area contributed by atoms with Gasteiger partial charge in [0.2, 0.25) is 17.5 Å². The smallest absolute Gasteiger partial charge is 0.334 e. The van der Waals surface area contributed by atoms with Crippen LogP contribution in [-0.2, 0) is 22.6 Å². The fourth-order valence-corrected chi connectivity index (χ4v) is 4.55. The molecule has 0 fully saturated rings. The van der Waals surface area contributed by atoms with Crippen molar-refractivity contribution in [2.24, 2.45) is 0 Å². The molecule has 1 heterocycles. The Hall–Kier alpha value is -3.36. The number of para-hydroxylation sites is 1. The van der Waals surface area contributed by atoms with E-state index in [-0.39, 0.29) is 12.5 Å². The third-order valence-corrected chi connectivity index (χ3v) is 6.49. The van der Waals surface area contributed by atoms with Crippen LogP contribution in [0.5, 0.6) is 5.75 Å². The van der Waals surface area contributed by atoms with Crippen molar-refractivity contribution in [1.29, 1.82) is 0 Å². The molecule has 1 unspecified atom stereocenters. The summed E-state index contributed by atoms with van der Waals surface area (Å²) in [6.45, 7) is 4.18. The maximum absolute atomic E-state index is 14.1. The number of rotatable bonds is 14. The highest BCUT2D eigenvalue weighted by Crippen LogP contribution is 2.27. The van der Waals surface area contributed by atoms with Crippen LogP contribution in [-0.4, -0.2) is 22.5 Å². The molecule has 0 aliphatic heterocycles. The Kier molecular flexibility index (Phi) is 10.7. The number of hydrogen-bond donors (Lipinski definition) is 1. The van der Waals surface area contributed by atoms with Crippen molar-refractivity contribution in [3.63, 3.8) is 0 Å². The lowest BCUT2D eigenvalue weighted by Gasteiger charge is -2.17. The van der Waals surface area contributed by atoms with E-state index in [1.807, 2.05) is 30.5 Å². The third-order valence-electron chi connectivity index (χ3n) is 6.49. The van der Waals surface area contributed by atoms with Gasteiger partial charge < -0.3 is 14.6 Å². The summed E-state index contributed by atoms with van der Waals surface area (Å²) in [6, 6.07) is 6.62. The molecule has 9 heteroatoms. The molecule has 0 spiro atoms. The highest BCUT2D eigenvalue weighted by molar-refractivity contribution is 5.88. The van der Waals surface area contributed by atoms with Gasteiger partial charge in [0.15, 0.2) is 17.4 Å². The Bertz CT molecular complexity index is 1260. The van der Waals surface area contributed by atoms with Gasteiger partial charge in [0.25, 0.3) is 0 Å². The van der Waals surface area contributed by atoms with Crippen LogP contribution in [0.4, 0.5) is 17.6 Å². The average molecular weight is 535 g/mol. The molecule has 3 aromatic rings. The second-order valence-corrected chi connectivity index (χ2v) is 9.52. The standard InChI is InChI=1S/C29H34F4N2O3/c1-3-4-5-6-7-8-9-12-15-35-18-20(21-13-10-11-14-24(21)35)16-23(34-19(2)36)29(37)38-25-17-22(30)26(31)28(33)27(25)32/h10-11,13-14,17-18,23H,3-9,12,15-16H2,1-2H3,(H,34,36). The van der Waals surface area contributed by atoms with E-state index in [1.54, 1.807) is 0 Å². The minimum absolute atomic E-state index is 0.00284. The van der Waals surface area contributed by atoms with Crippen LogP contribution in [0.2, 0.25) is 0 Å². The predicted molar refractivity (Wildman–Crippen MR) is 138 cm³/mol. The molecule has 206 valence electrons. The second-order valence-electron chi connectivity index (χ2n) is 9.52. The summed E-state index contributed by atoms with van der Waals surface area (Å²) in [7, 11) is 0. The molecule has 3 rings (SSSR count). The number of hydrogen-bond acceptors (Lipinski definition) is 3. The Morgan fingerprint density at radius 3 is 2.26 bits per heavy atom. The third kappa shape index (κ3) is 7.58. The van der Waals surface area contributed by atoms with Gasteiger partial charge >= 0.3 is 5.97 Å². The summed E-state index contributed by atoms with van der Waals surface area (Å²) in [5.74, 6) is -10.4. The van der Waals surface area contributed by atoms with Crippen LogP contribution in [0.1, 0.15) is 70.8 Å². The van der Waals surface area contributed by atoms with Crippen LogP contribution in [0.25, 0.3) is 10.9 Å². The van der Waals surface area contributed by atoms with E-state index in [0.29, 0.717) is 0 Å². The van der Waals surface area contributed by atoms with Gasteiger partial charge in [-0.05, 0) is 18.1 Å². The molecule has 0 bridgehead atoms. The first-order valence-corrected chi connectivity index (χ1v) is 13.1. The van der Waals surface area contributed by atoms with Gasteiger partial charge in [-0.15, -0.1) is 0 Å². The molecule has 0 saturated carbocycles. The fraction of sp³-hybridized carbons (Fsp3) is 0.448. The molecule has 1 N–H and O–H groups in total. The lowest BCUT2D eigenvalue weighted by molar-refractivity contribution is -0.139. The molecule has 0 aliphatic rings. The van der Waals surface area contributed by atoms with E-state index in [0.717, 1.165) is 35.9 Å². The second kappa shape index (κ2) is 14.0. The van der Waals surface area contributed by atoms with Crippen molar-refractivity contribution in [2.45, 2.75) is 84.2 Å². The van der Waals surface area contributed by atoms with Gasteiger partial charge in [-0.2, -0.15) is 4.39 Å². The number of aryl methyl sites for hydroxylation is 1. The molecule has 0 radical (unpaired) electrons. The van der Waals surface area contributed by atoms with Crippen LogP contribution < -0.4 is 10.1 Å². The van der Waals surface area contributed by atoms with E-state index in [2.05, 4.69) is 16.8 Å². The van der Waals surface area contributed by atoms with Crippen LogP contribution in [0, 0.1) is 23.3 Å². The number of unbranched alkanes of at least 4 members (excludes halogenated alkanes) is 7. The Morgan fingerprint density at radius 2 is 1.58 bits per heavy atom. The zero-order valence-electron chi connectivity index (χ0n) is 21.8. The number of nitrogens with one attached hydrogen (secondary N) is 1. The van der Waals surface area contributed by atoms with Crippen molar-refractivity contribution in [1.82, 2.24) is 9.88 Å². The summed E-state index contributed by atoms with van der Waals surface area (Å²) >= 11 is 0. The molecule has 5 nitrogen and oxygen atoms in total. The monoisotopic (exact) mass is 534 g/mol. The molecule has 1 atom stereocenters. The number of nitrogens with zero attached hydrogens (tertiary/aromatic N) is 1. The molecule has 1 amide bonds. The molecule has 38 heavy (non-hydrogen) atoms. The highest BCUT2D eigenvalue weighted by Gasteiger charge is 2.27. The first-order chi connectivity index (χ1) is 18.2. The van der Waals surface area contributed by atoms with Crippen LogP contribution >= 0.6 is 0 Å². The van der Waals surface area contributed by atoms with E-state index in [4.69, 9.17) is 4.74 Å². The summed E-state index contributed by atoms with van der Waals surface area (Å²) in [5.41, 5.74) is 1.71. The lowest BCUT2D eigenvalue weighted by Crippen LogP contribution is -2.43. The maximum atomic E-state index is 14.1. The first kappa shape index (κ1) is 29.2. The largest absolute Gasteiger partial charge is 0.422 e. The predicted octanol–water partition coefficient (Wildman–Crippen LogP) is 6.99. The van der Waals surface area contributed by atoms with E-state index in [9.17, 15) is 27.2 Å². The maximum Gasteiger partial charge on any atom is 0.334 e. The van der Waals surface area contributed by atoms with Crippen molar-refractivity contribution in [2.75, 3.05) is 0 Å². The first-order valence-electron chi connectivity index (χ1n) is 13.1. The number of esters is 1. The summed E-state index contributed by atoms with van der Waals surface area (Å²) < 4.78 is 61.5. The van der Waals surface area contributed by atoms with Gasteiger partial charge in [-0.25, -0.2) is 18.0 Å². The molecular formula is C29H34F4N2O3. The normalized spacial score (nSPS) is 12.1. The number of fused-ring (bicyclic) bond motifs is 1.